The van der Waals surface area contributed by atoms with Crippen LogP contribution in [0.3, 0.4) is 0 Å². The molecule has 4 nitrogen and oxygen atoms in total. The minimum absolute atomic E-state index is 0.00271. The quantitative estimate of drug-likeness (QED) is 0.525. The van der Waals surface area contributed by atoms with Gasteiger partial charge in [0.1, 0.15) is 0 Å². The van der Waals surface area contributed by atoms with E-state index in [1.54, 1.807) is 0 Å². The molecule has 1 fully saturated rings. The van der Waals surface area contributed by atoms with Crippen LogP contribution in [-0.2, 0) is 10.1 Å². The summed E-state index contributed by atoms with van der Waals surface area (Å²) in [4.78, 5) is 0. The second-order valence-corrected chi connectivity index (χ2v) is 5.30. The Morgan fingerprint density at radius 2 is 2.00 bits per heavy atom. The summed E-state index contributed by atoms with van der Waals surface area (Å²) in [6.07, 6.45) is 0.0191. The van der Waals surface area contributed by atoms with Gasteiger partial charge in [-0.05, 0) is 19.3 Å². The van der Waals surface area contributed by atoms with Crippen molar-refractivity contribution >= 4 is 21.7 Å². The van der Waals surface area contributed by atoms with E-state index in [0.29, 0.717) is 12.8 Å². The normalized spacial score (nSPS) is 23.6. The SMILES string of the molecule is O=S(=O)(O)C1(C[C@H](O)CCl)CC1. The lowest BCUT2D eigenvalue weighted by atomic mass is 10.2. The van der Waals surface area contributed by atoms with Crippen LogP contribution >= 0.6 is 11.6 Å². The molecule has 0 saturated heterocycles. The summed E-state index contributed by atoms with van der Waals surface area (Å²) in [5.74, 6) is -0.00271. The third kappa shape index (κ3) is 1.90. The van der Waals surface area contributed by atoms with Crippen LogP contribution in [0.5, 0.6) is 0 Å². The predicted molar refractivity (Wildman–Crippen MR) is 44.9 cm³/mol. The third-order valence-electron chi connectivity index (χ3n) is 2.14. The Labute approximate surface area is 76.3 Å². The number of hydrogen-bond acceptors (Lipinski definition) is 3. The molecule has 0 aromatic heterocycles. The number of hydrogen-bond donors (Lipinski definition) is 2. The van der Waals surface area contributed by atoms with Gasteiger partial charge in [0.25, 0.3) is 10.1 Å². The van der Waals surface area contributed by atoms with Crippen molar-refractivity contribution in [2.45, 2.75) is 30.1 Å². The van der Waals surface area contributed by atoms with Gasteiger partial charge in [-0.2, -0.15) is 8.42 Å². The molecule has 0 aliphatic heterocycles. The lowest BCUT2D eigenvalue weighted by Gasteiger charge is -2.14. The van der Waals surface area contributed by atoms with Gasteiger partial charge in [0.2, 0.25) is 0 Å². The van der Waals surface area contributed by atoms with Crippen LogP contribution in [0.2, 0.25) is 0 Å². The third-order valence-corrected chi connectivity index (χ3v) is 4.17. The fourth-order valence-corrected chi connectivity index (χ4v) is 2.32. The summed E-state index contributed by atoms with van der Waals surface area (Å²) < 4.78 is 29.2. The molecule has 1 aliphatic rings. The first-order chi connectivity index (χ1) is 5.41. The van der Waals surface area contributed by atoms with Crippen molar-refractivity contribution in [2.24, 2.45) is 0 Å². The van der Waals surface area contributed by atoms with E-state index in [4.69, 9.17) is 21.3 Å². The Morgan fingerprint density at radius 3 is 2.25 bits per heavy atom. The van der Waals surface area contributed by atoms with Gasteiger partial charge in [0.05, 0.1) is 10.9 Å². The van der Waals surface area contributed by atoms with Gasteiger partial charge < -0.3 is 5.11 Å². The molecule has 0 heterocycles. The molecule has 0 bridgehead atoms. The molecule has 1 saturated carbocycles. The van der Waals surface area contributed by atoms with Crippen LogP contribution < -0.4 is 0 Å². The summed E-state index contributed by atoms with van der Waals surface area (Å²) in [5, 5.41) is 9.09. The Bertz CT molecular complexity index is 257. The Hall–Kier alpha value is 0.160. The Morgan fingerprint density at radius 1 is 1.50 bits per heavy atom. The molecule has 6 heteroatoms. The van der Waals surface area contributed by atoms with E-state index in [9.17, 15) is 8.42 Å². The van der Waals surface area contributed by atoms with Crippen LogP contribution in [0, 0.1) is 0 Å². The second kappa shape index (κ2) is 3.14. The molecule has 0 unspecified atom stereocenters. The smallest absolute Gasteiger partial charge is 0.270 e. The minimum Gasteiger partial charge on any atom is -0.392 e. The number of alkyl halides is 1. The molecule has 1 atom stereocenters. The van der Waals surface area contributed by atoms with E-state index in [1.807, 2.05) is 0 Å². The van der Waals surface area contributed by atoms with E-state index in [1.165, 1.54) is 0 Å². The van der Waals surface area contributed by atoms with E-state index in [-0.39, 0.29) is 12.3 Å². The molecule has 0 radical (unpaired) electrons. The maximum Gasteiger partial charge on any atom is 0.270 e. The maximum atomic E-state index is 10.8. The van der Waals surface area contributed by atoms with Crippen molar-refractivity contribution in [1.29, 1.82) is 0 Å². The second-order valence-electron chi connectivity index (χ2n) is 3.17. The van der Waals surface area contributed by atoms with Crippen LogP contribution in [-0.4, -0.2) is 34.8 Å². The van der Waals surface area contributed by atoms with Gasteiger partial charge in [-0.25, -0.2) is 0 Å². The highest BCUT2D eigenvalue weighted by atomic mass is 35.5. The standard InChI is InChI=1S/C6H11ClO4S/c7-4-5(8)3-6(1-2-6)12(9,10)11/h5,8H,1-4H2,(H,9,10,11)/t5-/m0/s1. The molecule has 72 valence electrons. The van der Waals surface area contributed by atoms with Gasteiger partial charge >= 0.3 is 0 Å². The average Bonchev–Trinajstić information content (AvgIpc) is 2.67. The molecule has 1 rings (SSSR count). The zero-order chi connectivity index (χ0) is 9.41. The molecule has 0 aromatic carbocycles. The number of rotatable bonds is 4. The highest BCUT2D eigenvalue weighted by Crippen LogP contribution is 2.46. The first kappa shape index (κ1) is 10.2. The average molecular weight is 215 g/mol. The largest absolute Gasteiger partial charge is 0.392 e. The van der Waals surface area contributed by atoms with Gasteiger partial charge in [-0.15, -0.1) is 11.6 Å². The highest BCUT2D eigenvalue weighted by molar-refractivity contribution is 7.87. The van der Waals surface area contributed by atoms with E-state index in [0.717, 1.165) is 0 Å². The Balaban J connectivity index is 2.63. The minimum atomic E-state index is -4.02. The molecule has 0 aromatic rings. The van der Waals surface area contributed by atoms with Gasteiger partial charge in [-0.3, -0.25) is 4.55 Å². The van der Waals surface area contributed by atoms with Crippen molar-refractivity contribution in [3.8, 4) is 0 Å². The summed E-state index contributed by atoms with van der Waals surface area (Å²) in [6.45, 7) is 0. The van der Waals surface area contributed by atoms with Crippen LogP contribution in [0.15, 0.2) is 0 Å². The zero-order valence-corrected chi connectivity index (χ0v) is 7.98. The topological polar surface area (TPSA) is 74.6 Å². The van der Waals surface area contributed by atoms with Crippen LogP contribution in [0.1, 0.15) is 19.3 Å². The fourth-order valence-electron chi connectivity index (χ4n) is 1.19. The first-order valence-electron chi connectivity index (χ1n) is 3.62. The first-order valence-corrected chi connectivity index (χ1v) is 5.60. The molecule has 1 aliphatic carbocycles. The maximum absolute atomic E-state index is 10.8. The number of aliphatic hydroxyl groups is 1. The van der Waals surface area contributed by atoms with Crippen LogP contribution in [0.25, 0.3) is 0 Å². The molecule has 0 spiro atoms. The number of aliphatic hydroxyl groups excluding tert-OH is 1. The monoisotopic (exact) mass is 214 g/mol. The van der Waals surface area contributed by atoms with Crippen molar-refractivity contribution < 1.29 is 18.1 Å². The lowest BCUT2D eigenvalue weighted by molar-refractivity contribution is 0.182. The predicted octanol–water partition coefficient (Wildman–Crippen LogP) is 0.397. The molecule has 2 N–H and O–H groups in total. The van der Waals surface area contributed by atoms with Crippen LogP contribution in [0.4, 0.5) is 0 Å². The van der Waals surface area contributed by atoms with Gasteiger partial charge in [0, 0.05) is 5.88 Å². The molecule has 12 heavy (non-hydrogen) atoms. The fraction of sp³-hybridized carbons (Fsp3) is 1.00. The lowest BCUT2D eigenvalue weighted by Crippen LogP contribution is -2.28. The summed E-state index contributed by atoms with van der Waals surface area (Å²) in [7, 11) is -4.02. The van der Waals surface area contributed by atoms with Crippen molar-refractivity contribution in [3.63, 3.8) is 0 Å². The van der Waals surface area contributed by atoms with Crippen molar-refractivity contribution in [3.05, 3.63) is 0 Å². The van der Waals surface area contributed by atoms with E-state index >= 15 is 0 Å². The van der Waals surface area contributed by atoms with Crippen molar-refractivity contribution in [2.75, 3.05) is 5.88 Å². The number of halogens is 1. The molecule has 0 amide bonds. The Kier molecular flexibility index (Phi) is 2.68. The van der Waals surface area contributed by atoms with E-state index < -0.39 is 21.0 Å². The zero-order valence-electron chi connectivity index (χ0n) is 6.40. The summed E-state index contributed by atoms with van der Waals surface area (Å²) >= 11 is 5.31. The summed E-state index contributed by atoms with van der Waals surface area (Å²) in [5.41, 5.74) is 0. The molecular weight excluding hydrogens is 204 g/mol. The molecular formula is C6H11ClO4S. The highest BCUT2D eigenvalue weighted by Gasteiger charge is 2.54. The van der Waals surface area contributed by atoms with E-state index in [2.05, 4.69) is 0 Å². The summed E-state index contributed by atoms with van der Waals surface area (Å²) in [6, 6.07) is 0. The van der Waals surface area contributed by atoms with Gasteiger partial charge in [0.15, 0.2) is 0 Å². The van der Waals surface area contributed by atoms with Gasteiger partial charge in [-0.1, -0.05) is 0 Å². The van der Waals surface area contributed by atoms with Crippen molar-refractivity contribution in [1.82, 2.24) is 0 Å².